The first kappa shape index (κ1) is 12.4. The van der Waals surface area contributed by atoms with E-state index in [1.165, 1.54) is 12.1 Å². The smallest absolute Gasteiger partial charge is 0.406 e. The normalized spacial score (nSPS) is 11.3. The Morgan fingerprint density at radius 3 is 2.06 bits per heavy atom. The van der Waals surface area contributed by atoms with Gasteiger partial charge in [0.15, 0.2) is 0 Å². The highest BCUT2D eigenvalue weighted by Crippen LogP contribution is 2.26. The lowest BCUT2D eigenvalue weighted by Crippen LogP contribution is -2.16. The van der Waals surface area contributed by atoms with E-state index in [2.05, 4.69) is 9.72 Å². The molecule has 0 unspecified atom stereocenters. The molecule has 0 fully saturated rings. The Kier molecular flexibility index (Phi) is 3.23. The van der Waals surface area contributed by atoms with Crippen LogP contribution in [0.3, 0.4) is 0 Å². The van der Waals surface area contributed by atoms with Crippen LogP contribution in [0.4, 0.5) is 13.2 Å². The third-order valence-corrected chi connectivity index (χ3v) is 2.33. The number of hydrogen-bond donors (Lipinski definition) is 0. The highest BCUT2D eigenvalue weighted by molar-refractivity contribution is 5.63. The molecule has 0 bridgehead atoms. The quantitative estimate of drug-likeness (QED) is 0.808. The van der Waals surface area contributed by atoms with Crippen molar-refractivity contribution in [2.24, 2.45) is 0 Å². The lowest BCUT2D eigenvalue weighted by atomic mass is 10.1. The summed E-state index contributed by atoms with van der Waals surface area (Å²) in [5.41, 5.74) is 2.52. The molecule has 2 nitrogen and oxygen atoms in total. The second kappa shape index (κ2) is 4.68. The maximum absolute atomic E-state index is 12.0. The largest absolute Gasteiger partial charge is 0.573 e. The molecule has 2 aromatic rings. The molecule has 0 aliphatic heterocycles. The van der Waals surface area contributed by atoms with Gasteiger partial charge >= 0.3 is 6.36 Å². The number of aryl methyl sites for hydroxylation is 1. The number of pyridine rings is 1. The van der Waals surface area contributed by atoms with Gasteiger partial charge in [-0.25, -0.2) is 0 Å². The van der Waals surface area contributed by atoms with Gasteiger partial charge in [0, 0.05) is 17.5 Å². The molecule has 0 aliphatic carbocycles. The van der Waals surface area contributed by atoms with Gasteiger partial charge in [0.2, 0.25) is 0 Å². The highest BCUT2D eigenvalue weighted by atomic mass is 19.4. The van der Waals surface area contributed by atoms with Crippen LogP contribution in [0.15, 0.2) is 42.6 Å². The number of halogens is 3. The maximum Gasteiger partial charge on any atom is 0.573 e. The van der Waals surface area contributed by atoms with Gasteiger partial charge in [0.25, 0.3) is 0 Å². The Labute approximate surface area is 102 Å². The van der Waals surface area contributed by atoms with Crippen molar-refractivity contribution in [1.29, 1.82) is 0 Å². The molecule has 0 amide bonds. The molecule has 0 N–H and O–H groups in total. The number of alkyl halides is 3. The average Bonchev–Trinajstić information content (AvgIpc) is 2.29. The molecule has 0 radical (unpaired) electrons. The molecule has 0 saturated heterocycles. The first-order valence-electron chi connectivity index (χ1n) is 5.23. The number of rotatable bonds is 2. The zero-order valence-electron chi connectivity index (χ0n) is 9.53. The molecule has 0 saturated carbocycles. The van der Waals surface area contributed by atoms with Gasteiger partial charge in [-0.1, -0.05) is 18.2 Å². The fourth-order valence-corrected chi connectivity index (χ4v) is 1.49. The molecular formula is C13H10F3NO. The minimum Gasteiger partial charge on any atom is -0.406 e. The molecule has 5 heteroatoms. The molecule has 18 heavy (non-hydrogen) atoms. The molecule has 0 atom stereocenters. The number of hydrogen-bond acceptors (Lipinski definition) is 2. The third kappa shape index (κ3) is 3.23. The minimum absolute atomic E-state index is 0.230. The Morgan fingerprint density at radius 2 is 1.56 bits per heavy atom. The van der Waals surface area contributed by atoms with E-state index in [0.717, 1.165) is 16.8 Å². The van der Waals surface area contributed by atoms with Gasteiger partial charge < -0.3 is 4.74 Å². The molecule has 0 aliphatic rings. The SMILES string of the molecule is Cc1ccc(-c2ccc(OC(F)(F)F)cc2)cn1. The summed E-state index contributed by atoms with van der Waals surface area (Å²) in [5, 5.41) is 0. The first-order valence-corrected chi connectivity index (χ1v) is 5.23. The number of ether oxygens (including phenoxy) is 1. The fourth-order valence-electron chi connectivity index (χ4n) is 1.49. The van der Waals surface area contributed by atoms with Crippen LogP contribution >= 0.6 is 0 Å². The summed E-state index contributed by atoms with van der Waals surface area (Å²) in [7, 11) is 0. The van der Waals surface area contributed by atoms with Crippen LogP contribution in [-0.2, 0) is 0 Å². The Hall–Kier alpha value is -2.04. The zero-order valence-corrected chi connectivity index (χ0v) is 9.53. The van der Waals surface area contributed by atoms with Gasteiger partial charge in [-0.05, 0) is 30.7 Å². The van der Waals surface area contributed by atoms with Gasteiger partial charge in [0.05, 0.1) is 0 Å². The second-order valence-corrected chi connectivity index (χ2v) is 3.76. The summed E-state index contributed by atoms with van der Waals surface area (Å²) in [6.07, 6.45) is -2.98. The molecule has 1 aromatic heterocycles. The Morgan fingerprint density at radius 1 is 0.944 bits per heavy atom. The Balaban J connectivity index is 2.20. The van der Waals surface area contributed by atoms with E-state index in [1.807, 2.05) is 19.1 Å². The molecule has 1 heterocycles. The molecule has 0 spiro atoms. The van der Waals surface area contributed by atoms with Crippen LogP contribution in [0.1, 0.15) is 5.69 Å². The molecular weight excluding hydrogens is 243 g/mol. The zero-order chi connectivity index (χ0) is 13.2. The van der Waals surface area contributed by atoms with E-state index in [9.17, 15) is 13.2 Å². The number of benzene rings is 1. The van der Waals surface area contributed by atoms with Crippen LogP contribution in [-0.4, -0.2) is 11.3 Å². The van der Waals surface area contributed by atoms with Gasteiger partial charge in [-0.2, -0.15) is 0 Å². The van der Waals surface area contributed by atoms with Crippen molar-refractivity contribution >= 4 is 0 Å². The monoisotopic (exact) mass is 253 g/mol. The predicted octanol–water partition coefficient (Wildman–Crippen LogP) is 3.96. The van der Waals surface area contributed by atoms with Crippen LogP contribution in [0.25, 0.3) is 11.1 Å². The molecule has 94 valence electrons. The minimum atomic E-state index is -4.66. The van der Waals surface area contributed by atoms with Gasteiger partial charge in [0.1, 0.15) is 5.75 Å². The lowest BCUT2D eigenvalue weighted by Gasteiger charge is -2.09. The van der Waals surface area contributed by atoms with E-state index in [1.54, 1.807) is 18.3 Å². The molecule has 1 aromatic carbocycles. The first-order chi connectivity index (χ1) is 8.44. The Bertz CT molecular complexity index is 517. The molecule has 2 rings (SSSR count). The lowest BCUT2D eigenvalue weighted by molar-refractivity contribution is -0.274. The summed E-state index contributed by atoms with van der Waals surface area (Å²) in [6, 6.07) is 9.39. The van der Waals surface area contributed by atoms with Gasteiger partial charge in [-0.15, -0.1) is 13.2 Å². The number of aromatic nitrogens is 1. The van der Waals surface area contributed by atoms with Crippen LogP contribution in [0.5, 0.6) is 5.75 Å². The second-order valence-electron chi connectivity index (χ2n) is 3.76. The average molecular weight is 253 g/mol. The van der Waals surface area contributed by atoms with Crippen molar-refractivity contribution in [3.8, 4) is 16.9 Å². The van der Waals surface area contributed by atoms with Crippen molar-refractivity contribution in [2.45, 2.75) is 13.3 Å². The fraction of sp³-hybridized carbons (Fsp3) is 0.154. The van der Waals surface area contributed by atoms with Crippen molar-refractivity contribution < 1.29 is 17.9 Å². The van der Waals surface area contributed by atoms with Crippen LogP contribution in [0, 0.1) is 6.92 Å². The summed E-state index contributed by atoms with van der Waals surface area (Å²) >= 11 is 0. The van der Waals surface area contributed by atoms with Crippen molar-refractivity contribution in [2.75, 3.05) is 0 Å². The van der Waals surface area contributed by atoms with Crippen molar-refractivity contribution in [1.82, 2.24) is 4.98 Å². The standard InChI is InChI=1S/C13H10F3NO/c1-9-2-3-11(8-17-9)10-4-6-12(7-5-10)18-13(14,15)16/h2-8H,1H3. The topological polar surface area (TPSA) is 22.1 Å². The van der Waals surface area contributed by atoms with Gasteiger partial charge in [-0.3, -0.25) is 4.98 Å². The van der Waals surface area contributed by atoms with E-state index >= 15 is 0 Å². The van der Waals surface area contributed by atoms with Crippen molar-refractivity contribution in [3.63, 3.8) is 0 Å². The van der Waals surface area contributed by atoms with E-state index in [0.29, 0.717) is 0 Å². The third-order valence-electron chi connectivity index (χ3n) is 2.33. The predicted molar refractivity (Wildman–Crippen MR) is 61.1 cm³/mol. The van der Waals surface area contributed by atoms with E-state index in [4.69, 9.17) is 0 Å². The summed E-state index contributed by atoms with van der Waals surface area (Å²) in [5.74, 6) is -0.230. The van der Waals surface area contributed by atoms with Crippen molar-refractivity contribution in [3.05, 3.63) is 48.3 Å². The van der Waals surface area contributed by atoms with E-state index in [-0.39, 0.29) is 5.75 Å². The maximum atomic E-state index is 12.0. The van der Waals surface area contributed by atoms with Crippen LogP contribution < -0.4 is 4.74 Å². The number of nitrogens with zero attached hydrogens (tertiary/aromatic N) is 1. The highest BCUT2D eigenvalue weighted by Gasteiger charge is 2.30. The van der Waals surface area contributed by atoms with Crippen LogP contribution in [0.2, 0.25) is 0 Å². The van der Waals surface area contributed by atoms with E-state index < -0.39 is 6.36 Å². The summed E-state index contributed by atoms with van der Waals surface area (Å²) in [6.45, 7) is 1.87. The summed E-state index contributed by atoms with van der Waals surface area (Å²) < 4.78 is 39.7. The summed E-state index contributed by atoms with van der Waals surface area (Å²) in [4.78, 5) is 4.13.